The zero-order chi connectivity index (χ0) is 14.9. The van der Waals surface area contributed by atoms with Gasteiger partial charge in [-0.2, -0.15) is 4.31 Å². The third kappa shape index (κ3) is 2.81. The van der Waals surface area contributed by atoms with Crippen LogP contribution in [0.3, 0.4) is 0 Å². The van der Waals surface area contributed by atoms with Crippen molar-refractivity contribution in [3.63, 3.8) is 0 Å². The van der Waals surface area contributed by atoms with Crippen LogP contribution in [-0.4, -0.2) is 47.3 Å². The molecule has 0 aromatic carbocycles. The summed E-state index contributed by atoms with van der Waals surface area (Å²) in [6.45, 7) is 1.46. The highest BCUT2D eigenvalue weighted by atomic mass is 32.2. The molecule has 20 heavy (non-hydrogen) atoms. The van der Waals surface area contributed by atoms with Gasteiger partial charge in [0, 0.05) is 13.5 Å². The number of anilines is 1. The van der Waals surface area contributed by atoms with E-state index in [0.717, 1.165) is 21.8 Å². The monoisotopic (exact) mass is 319 g/mol. The summed E-state index contributed by atoms with van der Waals surface area (Å²) in [6.07, 6.45) is 1.93. The van der Waals surface area contributed by atoms with E-state index in [1.165, 1.54) is 6.92 Å². The smallest absolute Gasteiger partial charge is 0.322 e. The third-order valence-corrected chi connectivity index (χ3v) is 6.08. The third-order valence-electron chi connectivity index (χ3n) is 2.82. The number of nitrogens with zero attached hydrogens (tertiary/aromatic N) is 2. The average molecular weight is 319 g/mol. The average Bonchev–Trinajstić information content (AvgIpc) is 2.95. The van der Waals surface area contributed by atoms with Crippen LogP contribution in [0.25, 0.3) is 0 Å². The summed E-state index contributed by atoms with van der Waals surface area (Å²) in [4.78, 5) is 25.8. The second kappa shape index (κ2) is 5.46. The van der Waals surface area contributed by atoms with Crippen LogP contribution in [0, 0.1) is 0 Å². The zero-order valence-electron chi connectivity index (χ0n) is 10.6. The molecule has 0 radical (unpaired) electrons. The second-order valence-electron chi connectivity index (χ2n) is 4.28. The van der Waals surface area contributed by atoms with E-state index in [-0.39, 0.29) is 21.8 Å². The van der Waals surface area contributed by atoms with Crippen molar-refractivity contribution in [1.82, 2.24) is 9.29 Å². The van der Waals surface area contributed by atoms with Crippen molar-refractivity contribution < 1.29 is 23.1 Å². The molecule has 8 nitrogen and oxygen atoms in total. The van der Waals surface area contributed by atoms with Gasteiger partial charge in [0.1, 0.15) is 6.04 Å². The number of nitrogens with one attached hydrogen (secondary N) is 1. The van der Waals surface area contributed by atoms with Crippen LogP contribution in [0.2, 0.25) is 0 Å². The number of thiazole rings is 1. The number of amides is 1. The lowest BCUT2D eigenvalue weighted by molar-refractivity contribution is -0.140. The predicted octanol–water partition coefficient (Wildman–Crippen LogP) is 0.339. The van der Waals surface area contributed by atoms with E-state index in [1.807, 2.05) is 0 Å². The van der Waals surface area contributed by atoms with E-state index in [9.17, 15) is 18.0 Å². The lowest BCUT2D eigenvalue weighted by Crippen LogP contribution is -2.40. The summed E-state index contributed by atoms with van der Waals surface area (Å²) in [6, 6.07) is -1.04. The van der Waals surface area contributed by atoms with Gasteiger partial charge in [-0.3, -0.25) is 9.59 Å². The Kier molecular flexibility index (Phi) is 4.06. The number of aromatic nitrogens is 1. The summed E-state index contributed by atoms with van der Waals surface area (Å²) in [5.74, 6) is -1.51. The molecule has 1 amide bonds. The summed E-state index contributed by atoms with van der Waals surface area (Å²) in [5.41, 5.74) is 0. The van der Waals surface area contributed by atoms with Crippen molar-refractivity contribution >= 4 is 38.4 Å². The van der Waals surface area contributed by atoms with Gasteiger partial charge in [0.15, 0.2) is 9.34 Å². The fourth-order valence-corrected chi connectivity index (χ4v) is 4.84. The zero-order valence-corrected chi connectivity index (χ0v) is 12.2. The standard InChI is InChI=1S/C10H13N3O5S2/c1-6(14)12-10-11-5-8(19-10)20(17,18)13-4-2-3-7(13)9(15)16/h5,7H,2-4H2,1H3,(H,15,16)(H,11,12,14)/t7-/m0/s1. The number of carboxylic acid groups (broad SMARTS) is 1. The molecule has 0 aliphatic carbocycles. The van der Waals surface area contributed by atoms with E-state index >= 15 is 0 Å². The number of hydrogen-bond acceptors (Lipinski definition) is 6. The van der Waals surface area contributed by atoms with Gasteiger partial charge in [0.05, 0.1) is 6.20 Å². The van der Waals surface area contributed by atoms with E-state index in [1.54, 1.807) is 0 Å². The molecular formula is C10H13N3O5S2. The quantitative estimate of drug-likeness (QED) is 0.826. The lowest BCUT2D eigenvalue weighted by atomic mass is 10.2. The Labute approximate surface area is 119 Å². The highest BCUT2D eigenvalue weighted by molar-refractivity contribution is 7.91. The van der Waals surface area contributed by atoms with Gasteiger partial charge in [-0.25, -0.2) is 13.4 Å². The van der Waals surface area contributed by atoms with Crippen molar-refractivity contribution in [3.05, 3.63) is 6.20 Å². The number of carbonyl (C=O) groups excluding carboxylic acids is 1. The molecular weight excluding hydrogens is 306 g/mol. The first-order valence-electron chi connectivity index (χ1n) is 5.80. The first-order valence-corrected chi connectivity index (χ1v) is 8.06. The Balaban J connectivity index is 2.28. The molecule has 1 aliphatic heterocycles. The minimum atomic E-state index is -3.89. The van der Waals surface area contributed by atoms with Crippen LogP contribution in [-0.2, 0) is 19.6 Å². The molecule has 1 saturated heterocycles. The maximum atomic E-state index is 12.4. The maximum absolute atomic E-state index is 12.4. The lowest BCUT2D eigenvalue weighted by Gasteiger charge is -2.19. The van der Waals surface area contributed by atoms with E-state index < -0.39 is 22.0 Å². The molecule has 1 aliphatic rings. The molecule has 1 aromatic rings. The summed E-state index contributed by atoms with van der Waals surface area (Å²) >= 11 is 0.803. The van der Waals surface area contributed by atoms with Crippen molar-refractivity contribution in [2.75, 3.05) is 11.9 Å². The summed E-state index contributed by atoms with van der Waals surface area (Å²) < 4.78 is 25.6. The molecule has 0 unspecified atom stereocenters. The molecule has 0 saturated carbocycles. The molecule has 2 rings (SSSR count). The highest BCUT2D eigenvalue weighted by Crippen LogP contribution is 2.30. The van der Waals surface area contributed by atoms with Gasteiger partial charge >= 0.3 is 5.97 Å². The van der Waals surface area contributed by atoms with Gasteiger partial charge in [-0.1, -0.05) is 11.3 Å². The van der Waals surface area contributed by atoms with Gasteiger partial charge in [-0.05, 0) is 12.8 Å². The molecule has 0 bridgehead atoms. The van der Waals surface area contributed by atoms with Crippen molar-refractivity contribution in [1.29, 1.82) is 0 Å². The van der Waals surface area contributed by atoms with Crippen LogP contribution >= 0.6 is 11.3 Å². The van der Waals surface area contributed by atoms with Crippen molar-refractivity contribution in [2.45, 2.75) is 30.0 Å². The molecule has 10 heteroatoms. The van der Waals surface area contributed by atoms with Gasteiger partial charge < -0.3 is 10.4 Å². The summed E-state index contributed by atoms with van der Waals surface area (Å²) in [5, 5.41) is 11.6. The van der Waals surface area contributed by atoms with Crippen molar-refractivity contribution in [2.24, 2.45) is 0 Å². The topological polar surface area (TPSA) is 117 Å². The van der Waals surface area contributed by atoms with Crippen LogP contribution in [0.1, 0.15) is 19.8 Å². The Morgan fingerprint density at radius 1 is 1.55 bits per heavy atom. The molecule has 2 heterocycles. The molecule has 2 N–H and O–H groups in total. The number of hydrogen-bond donors (Lipinski definition) is 2. The molecule has 1 aromatic heterocycles. The molecule has 110 valence electrons. The van der Waals surface area contributed by atoms with Gasteiger partial charge in [0.25, 0.3) is 10.0 Å². The predicted molar refractivity (Wildman–Crippen MR) is 71.0 cm³/mol. The van der Waals surface area contributed by atoms with E-state index in [2.05, 4.69) is 10.3 Å². The Bertz CT molecular complexity index is 639. The number of carbonyl (C=O) groups is 2. The van der Waals surface area contributed by atoms with Gasteiger partial charge in [-0.15, -0.1) is 0 Å². The Morgan fingerprint density at radius 3 is 2.85 bits per heavy atom. The number of carboxylic acids is 1. The Hall–Kier alpha value is -1.52. The first kappa shape index (κ1) is 14.9. The normalized spacial score (nSPS) is 19.9. The summed E-state index contributed by atoms with van der Waals surface area (Å²) in [7, 11) is -3.89. The second-order valence-corrected chi connectivity index (χ2v) is 7.43. The minimum Gasteiger partial charge on any atom is -0.480 e. The molecule has 1 atom stereocenters. The maximum Gasteiger partial charge on any atom is 0.322 e. The Morgan fingerprint density at radius 2 is 2.25 bits per heavy atom. The largest absolute Gasteiger partial charge is 0.480 e. The van der Waals surface area contributed by atoms with Gasteiger partial charge in [0.2, 0.25) is 5.91 Å². The highest BCUT2D eigenvalue weighted by Gasteiger charge is 2.40. The fraction of sp³-hybridized carbons (Fsp3) is 0.500. The fourth-order valence-electron chi connectivity index (χ4n) is 1.98. The first-order chi connectivity index (χ1) is 9.32. The van der Waals surface area contributed by atoms with Crippen LogP contribution in [0.15, 0.2) is 10.4 Å². The van der Waals surface area contributed by atoms with Crippen LogP contribution in [0.5, 0.6) is 0 Å². The van der Waals surface area contributed by atoms with Crippen LogP contribution in [0.4, 0.5) is 5.13 Å². The number of rotatable bonds is 4. The van der Waals surface area contributed by atoms with E-state index in [4.69, 9.17) is 5.11 Å². The molecule has 1 fully saturated rings. The molecule has 0 spiro atoms. The minimum absolute atomic E-state index is 0.0746. The number of aliphatic carboxylic acids is 1. The van der Waals surface area contributed by atoms with Crippen LogP contribution < -0.4 is 5.32 Å². The van der Waals surface area contributed by atoms with Crippen molar-refractivity contribution in [3.8, 4) is 0 Å². The number of sulfonamides is 1. The SMILES string of the molecule is CC(=O)Nc1ncc(S(=O)(=O)N2CCC[C@H]2C(=O)O)s1. The van der Waals surface area contributed by atoms with E-state index in [0.29, 0.717) is 12.8 Å².